The Morgan fingerprint density at radius 2 is 1.00 bits per heavy atom. The Bertz CT molecular complexity index is 651. The van der Waals surface area contributed by atoms with Crippen LogP contribution in [-0.2, 0) is 0 Å². The van der Waals surface area contributed by atoms with Crippen molar-refractivity contribution in [3.63, 3.8) is 0 Å². The van der Waals surface area contributed by atoms with Crippen LogP contribution in [0.2, 0.25) is 0 Å². The van der Waals surface area contributed by atoms with Gasteiger partial charge in [0.1, 0.15) is 0 Å². The minimum Gasteiger partial charge on any atom is -0.545 e. The Balaban J connectivity index is 0.000000235. The van der Waals surface area contributed by atoms with Crippen molar-refractivity contribution >= 4 is 25.2 Å². The fourth-order valence-corrected chi connectivity index (χ4v) is 2.84. The third kappa shape index (κ3) is 7.58. The quantitative estimate of drug-likeness (QED) is 0.474. The van der Waals surface area contributed by atoms with E-state index in [1.807, 2.05) is 0 Å². The van der Waals surface area contributed by atoms with E-state index in [0.717, 1.165) is 8.58 Å². The largest absolute Gasteiger partial charge is 1.00 e. The van der Waals surface area contributed by atoms with Crippen molar-refractivity contribution in [2.45, 2.75) is 0 Å². The maximum atomic E-state index is 10.1. The van der Waals surface area contributed by atoms with E-state index >= 15 is 0 Å². The fraction of sp³-hybridized carbons (Fsp3) is 0. The van der Waals surface area contributed by atoms with Crippen LogP contribution < -0.4 is 45.3 Å². The van der Waals surface area contributed by atoms with Gasteiger partial charge < -0.3 is 9.90 Å². The zero-order chi connectivity index (χ0) is 15.6. The van der Waals surface area contributed by atoms with E-state index in [1.165, 1.54) is 22.7 Å². The molecule has 0 fully saturated rings. The Labute approximate surface area is 160 Å². The van der Waals surface area contributed by atoms with Crippen LogP contribution in [0.15, 0.2) is 91.0 Å². The molecule has 0 saturated carbocycles. The smallest absolute Gasteiger partial charge is 0.545 e. The van der Waals surface area contributed by atoms with Gasteiger partial charge in [0, 0.05) is 0 Å². The van der Waals surface area contributed by atoms with Gasteiger partial charge in [0.05, 0.1) is 5.97 Å². The monoisotopic (exact) mass is 330 g/mol. The molecule has 0 N–H and O–H groups in total. The Morgan fingerprint density at radius 3 is 1.30 bits per heavy atom. The fourth-order valence-electron chi connectivity index (χ4n) is 1.78. The topological polar surface area (TPSA) is 40.1 Å². The van der Waals surface area contributed by atoms with Crippen LogP contribution in [0, 0.1) is 0 Å². The predicted molar refractivity (Wildman–Crippen MR) is 91.2 cm³/mol. The van der Waals surface area contributed by atoms with Gasteiger partial charge in [-0.15, -0.1) is 0 Å². The molecule has 0 bridgehead atoms. The molecule has 0 spiro atoms. The minimum atomic E-state index is -1.13. The van der Waals surface area contributed by atoms with Crippen molar-refractivity contribution in [1.82, 2.24) is 0 Å². The van der Waals surface area contributed by atoms with Gasteiger partial charge in [0.15, 0.2) is 0 Å². The van der Waals surface area contributed by atoms with Crippen molar-refractivity contribution in [2.75, 3.05) is 0 Å². The molecule has 3 aromatic carbocycles. The Hall–Kier alpha value is -1.44. The maximum Gasteiger partial charge on any atom is 1.00 e. The first kappa shape index (κ1) is 19.6. The molecule has 3 rings (SSSR count). The first-order valence-corrected chi connectivity index (χ1v) is 7.89. The number of rotatable bonds is 3. The molecule has 110 valence electrons. The summed E-state index contributed by atoms with van der Waals surface area (Å²) in [6, 6.07) is 29.2. The molecule has 2 nitrogen and oxygen atoms in total. The van der Waals surface area contributed by atoms with Crippen LogP contribution in [-0.4, -0.2) is 5.97 Å². The third-order valence-corrected chi connectivity index (χ3v) is 4.09. The third-order valence-electron chi connectivity index (χ3n) is 2.85. The van der Waals surface area contributed by atoms with Crippen molar-refractivity contribution in [2.24, 2.45) is 0 Å². The van der Waals surface area contributed by atoms with E-state index in [4.69, 9.17) is 0 Å². The van der Waals surface area contributed by atoms with Crippen LogP contribution in [0.4, 0.5) is 0 Å². The molecule has 0 aliphatic heterocycles. The van der Waals surface area contributed by atoms with Crippen molar-refractivity contribution in [1.29, 1.82) is 0 Å². The Kier molecular flexibility index (Phi) is 9.51. The van der Waals surface area contributed by atoms with Gasteiger partial charge in [0.25, 0.3) is 0 Å². The summed E-state index contributed by atoms with van der Waals surface area (Å²) in [6.45, 7) is 0. The van der Waals surface area contributed by atoms with Gasteiger partial charge in [-0.25, -0.2) is 0 Å². The summed E-state index contributed by atoms with van der Waals surface area (Å²) in [4.78, 5) is 10.1. The molecular formula is C19H16NaO2P. The van der Waals surface area contributed by atoms with Crippen molar-refractivity contribution in [3.05, 3.63) is 96.6 Å². The molecule has 0 aromatic heterocycles. The molecule has 0 aliphatic carbocycles. The second-order valence-electron chi connectivity index (χ2n) is 4.51. The van der Waals surface area contributed by atoms with Gasteiger partial charge in [-0.1, -0.05) is 99.6 Å². The second-order valence-corrected chi connectivity index (χ2v) is 5.92. The van der Waals surface area contributed by atoms with Gasteiger partial charge in [0.2, 0.25) is 0 Å². The van der Waals surface area contributed by atoms with Crippen LogP contribution in [0.5, 0.6) is 0 Å². The Morgan fingerprint density at radius 1 is 0.652 bits per heavy atom. The van der Waals surface area contributed by atoms with Crippen LogP contribution in [0.3, 0.4) is 0 Å². The summed E-state index contributed by atoms with van der Waals surface area (Å²) in [5.74, 6) is -1.13. The average Bonchev–Trinajstić information content (AvgIpc) is 2.58. The summed E-state index contributed by atoms with van der Waals surface area (Å²) in [5.41, 5.74) is 0.220. The number of benzene rings is 3. The zero-order valence-corrected chi connectivity index (χ0v) is 16.0. The average molecular weight is 330 g/mol. The molecule has 3 aromatic rings. The summed E-state index contributed by atoms with van der Waals surface area (Å²) in [7, 11) is 0.777. The molecule has 0 heterocycles. The summed E-state index contributed by atoms with van der Waals surface area (Å²) >= 11 is 0. The van der Waals surface area contributed by atoms with Crippen LogP contribution >= 0.6 is 8.58 Å². The molecule has 23 heavy (non-hydrogen) atoms. The van der Waals surface area contributed by atoms with E-state index in [1.54, 1.807) is 18.2 Å². The SMILES string of the molecule is O=C([O-])c1ccccc1.[Na+].c1ccc(Pc2ccccc2)cc1. The van der Waals surface area contributed by atoms with Gasteiger partial charge in [-0.05, 0) is 16.2 Å². The molecule has 0 saturated heterocycles. The summed E-state index contributed by atoms with van der Waals surface area (Å²) in [5, 5.41) is 12.9. The van der Waals surface area contributed by atoms with Crippen LogP contribution in [0.1, 0.15) is 10.4 Å². The summed E-state index contributed by atoms with van der Waals surface area (Å²) in [6.07, 6.45) is 0. The number of hydrogen-bond acceptors (Lipinski definition) is 2. The van der Waals surface area contributed by atoms with E-state index in [0.29, 0.717) is 0 Å². The number of aromatic carboxylic acids is 1. The molecule has 0 atom stereocenters. The molecule has 0 aliphatic rings. The minimum absolute atomic E-state index is 0. The van der Waals surface area contributed by atoms with Gasteiger partial charge >= 0.3 is 29.6 Å². The second kappa shape index (κ2) is 11.2. The number of carboxylic acid groups (broad SMARTS) is 1. The van der Waals surface area contributed by atoms with Crippen LogP contribution in [0.25, 0.3) is 0 Å². The molecule has 0 amide bonds. The number of carbonyl (C=O) groups excluding carboxylic acids is 1. The van der Waals surface area contributed by atoms with E-state index in [2.05, 4.69) is 60.7 Å². The van der Waals surface area contributed by atoms with Gasteiger partial charge in [-0.3, -0.25) is 0 Å². The number of carbonyl (C=O) groups is 1. The molecule has 4 heteroatoms. The zero-order valence-electron chi connectivity index (χ0n) is 13.0. The molecule has 0 radical (unpaired) electrons. The first-order chi connectivity index (χ1) is 10.8. The van der Waals surface area contributed by atoms with Gasteiger partial charge in [-0.2, -0.15) is 0 Å². The normalized spacial score (nSPS) is 9.04. The van der Waals surface area contributed by atoms with Crippen molar-refractivity contribution < 1.29 is 39.5 Å². The van der Waals surface area contributed by atoms with Crippen molar-refractivity contribution in [3.8, 4) is 0 Å². The molecular weight excluding hydrogens is 314 g/mol. The number of hydrogen-bond donors (Lipinski definition) is 0. The first-order valence-electron chi connectivity index (χ1n) is 6.89. The van der Waals surface area contributed by atoms with E-state index in [9.17, 15) is 9.90 Å². The predicted octanol–water partition coefficient (Wildman–Crippen LogP) is -0.630. The number of carboxylic acids is 1. The summed E-state index contributed by atoms with van der Waals surface area (Å²) < 4.78 is 0. The maximum absolute atomic E-state index is 10.1. The molecule has 0 unspecified atom stereocenters. The standard InChI is InChI=1S/C12H11P.C7H6O2.Na/c1-3-7-11(8-4-1)13-12-9-5-2-6-10-12;8-7(9)6-4-2-1-3-5-6;/h1-10,13H;1-5H,(H,8,9);/q;;+1/p-1. The van der Waals surface area contributed by atoms with E-state index in [-0.39, 0.29) is 35.1 Å². The van der Waals surface area contributed by atoms with E-state index < -0.39 is 5.97 Å².